The first-order valence-electron chi connectivity index (χ1n) is 7.09. The summed E-state index contributed by atoms with van der Waals surface area (Å²) in [6.45, 7) is 0.911. The zero-order valence-electron chi connectivity index (χ0n) is 11.2. The van der Waals surface area contributed by atoms with Crippen LogP contribution in [0.2, 0.25) is 10.4 Å². The molecule has 2 aromatic heterocycles. The molecule has 2 fully saturated rings. The normalized spacial score (nSPS) is 24.8. The fraction of sp³-hybridized carbons (Fsp3) is 0.500. The Bertz CT molecular complexity index is 724. The molecular weight excluding hydrogens is 314 g/mol. The summed E-state index contributed by atoms with van der Waals surface area (Å²) in [6, 6.07) is 0.486. The Balaban J connectivity index is 1.90. The van der Waals surface area contributed by atoms with E-state index in [1.165, 1.54) is 25.5 Å². The molecule has 4 nitrogen and oxygen atoms in total. The fourth-order valence-electron chi connectivity index (χ4n) is 3.25. The second kappa shape index (κ2) is 4.92. The first-order chi connectivity index (χ1) is 10.1. The molecule has 0 spiro atoms. The summed E-state index contributed by atoms with van der Waals surface area (Å²) in [5.41, 5.74) is 0.145. The molecule has 21 heavy (non-hydrogen) atoms. The van der Waals surface area contributed by atoms with Crippen LogP contribution >= 0.6 is 23.2 Å². The van der Waals surface area contributed by atoms with E-state index in [4.69, 9.17) is 23.2 Å². The summed E-state index contributed by atoms with van der Waals surface area (Å²) in [5.74, 6) is 0.769. The molecule has 2 unspecified atom stereocenters. The fourth-order valence-corrected chi connectivity index (χ4v) is 3.56. The lowest BCUT2D eigenvalue weighted by atomic mass is 10.2. The number of hydrogen-bond acceptors (Lipinski definition) is 4. The van der Waals surface area contributed by atoms with Crippen LogP contribution in [-0.4, -0.2) is 27.5 Å². The zero-order valence-corrected chi connectivity index (χ0v) is 12.7. The van der Waals surface area contributed by atoms with Crippen molar-refractivity contribution in [3.05, 3.63) is 22.5 Å². The number of fused-ring (bicyclic) bond motifs is 2. The summed E-state index contributed by atoms with van der Waals surface area (Å²) in [5, 5.41) is 0.428. The van der Waals surface area contributed by atoms with Gasteiger partial charge in [-0.1, -0.05) is 18.0 Å². The largest absolute Gasteiger partial charge is 0.353 e. The zero-order chi connectivity index (χ0) is 14.6. The maximum absolute atomic E-state index is 14.2. The molecule has 0 radical (unpaired) electrons. The van der Waals surface area contributed by atoms with Crippen molar-refractivity contribution in [1.82, 2.24) is 15.0 Å². The molecular formula is C14H13Cl2FN4. The Hall–Kier alpha value is -1.20. The van der Waals surface area contributed by atoms with Crippen molar-refractivity contribution >= 4 is 39.9 Å². The molecule has 0 aromatic carbocycles. The van der Waals surface area contributed by atoms with Gasteiger partial charge in [-0.2, -0.15) is 4.98 Å². The van der Waals surface area contributed by atoms with Crippen LogP contribution in [0.4, 0.5) is 10.2 Å². The lowest BCUT2D eigenvalue weighted by Gasteiger charge is -2.24. The molecule has 1 aliphatic carbocycles. The lowest BCUT2D eigenvalue weighted by Crippen LogP contribution is -2.28. The third-order valence-electron chi connectivity index (χ3n) is 4.38. The Morgan fingerprint density at radius 3 is 2.95 bits per heavy atom. The van der Waals surface area contributed by atoms with Crippen LogP contribution in [0.25, 0.3) is 10.9 Å². The predicted octanol–water partition coefficient (Wildman–Crippen LogP) is 3.85. The summed E-state index contributed by atoms with van der Waals surface area (Å²) in [7, 11) is 0. The van der Waals surface area contributed by atoms with E-state index in [9.17, 15) is 4.39 Å². The van der Waals surface area contributed by atoms with Crippen LogP contribution in [0, 0.1) is 11.7 Å². The summed E-state index contributed by atoms with van der Waals surface area (Å²) in [6.07, 6.45) is 6.31. The van der Waals surface area contributed by atoms with E-state index in [2.05, 4.69) is 19.9 Å². The molecule has 0 bridgehead atoms. The Morgan fingerprint density at radius 1 is 1.24 bits per heavy atom. The van der Waals surface area contributed by atoms with Crippen molar-refractivity contribution in [2.45, 2.75) is 31.7 Å². The SMILES string of the molecule is Fc1c(Cl)ncc2c(N3CCCCC4CC43)nc(Cl)nc12. The van der Waals surface area contributed by atoms with E-state index >= 15 is 0 Å². The monoisotopic (exact) mass is 326 g/mol. The van der Waals surface area contributed by atoms with Gasteiger partial charge in [0, 0.05) is 18.8 Å². The minimum absolute atomic E-state index is 0.0418. The van der Waals surface area contributed by atoms with E-state index in [0.717, 1.165) is 18.9 Å². The molecule has 110 valence electrons. The van der Waals surface area contributed by atoms with E-state index in [0.29, 0.717) is 17.2 Å². The highest BCUT2D eigenvalue weighted by Gasteiger charge is 2.43. The maximum atomic E-state index is 14.2. The van der Waals surface area contributed by atoms with E-state index in [1.807, 2.05) is 0 Å². The highest BCUT2D eigenvalue weighted by molar-refractivity contribution is 6.30. The van der Waals surface area contributed by atoms with E-state index in [-0.39, 0.29) is 16.0 Å². The van der Waals surface area contributed by atoms with Crippen LogP contribution in [0.5, 0.6) is 0 Å². The molecule has 2 aliphatic rings. The molecule has 0 amide bonds. The number of rotatable bonds is 1. The minimum Gasteiger partial charge on any atom is -0.353 e. The molecule has 2 atom stereocenters. The number of aromatic nitrogens is 3. The predicted molar refractivity (Wildman–Crippen MR) is 80.4 cm³/mol. The van der Waals surface area contributed by atoms with Crippen molar-refractivity contribution in [3.63, 3.8) is 0 Å². The summed E-state index contributed by atoms with van der Waals surface area (Å²) < 4.78 is 14.2. The van der Waals surface area contributed by atoms with Gasteiger partial charge in [-0.15, -0.1) is 0 Å². The first kappa shape index (κ1) is 13.5. The number of pyridine rings is 1. The number of halogens is 3. The number of hydrogen-bond donors (Lipinski definition) is 0. The van der Waals surface area contributed by atoms with E-state index < -0.39 is 5.82 Å². The van der Waals surface area contributed by atoms with Gasteiger partial charge in [-0.3, -0.25) is 0 Å². The van der Waals surface area contributed by atoms with Crippen molar-refractivity contribution in [1.29, 1.82) is 0 Å². The quantitative estimate of drug-likeness (QED) is 0.589. The van der Waals surface area contributed by atoms with Crippen LogP contribution in [0.1, 0.15) is 25.7 Å². The Morgan fingerprint density at radius 2 is 2.10 bits per heavy atom. The van der Waals surface area contributed by atoms with Gasteiger partial charge < -0.3 is 4.90 Å². The van der Waals surface area contributed by atoms with Crippen molar-refractivity contribution in [3.8, 4) is 0 Å². The van der Waals surface area contributed by atoms with Gasteiger partial charge in [0.2, 0.25) is 5.28 Å². The highest BCUT2D eigenvalue weighted by atomic mass is 35.5. The summed E-state index contributed by atoms with van der Waals surface area (Å²) in [4.78, 5) is 14.5. The molecule has 0 N–H and O–H groups in total. The number of nitrogens with zero attached hydrogens (tertiary/aromatic N) is 4. The minimum atomic E-state index is -0.637. The topological polar surface area (TPSA) is 41.9 Å². The molecule has 7 heteroatoms. The molecule has 1 saturated heterocycles. The molecule has 3 heterocycles. The lowest BCUT2D eigenvalue weighted by molar-refractivity contribution is 0.630. The highest BCUT2D eigenvalue weighted by Crippen LogP contribution is 2.45. The molecule has 1 saturated carbocycles. The van der Waals surface area contributed by atoms with Crippen LogP contribution in [0.15, 0.2) is 6.20 Å². The van der Waals surface area contributed by atoms with Crippen LogP contribution in [0.3, 0.4) is 0 Å². The van der Waals surface area contributed by atoms with Gasteiger partial charge >= 0.3 is 0 Å². The standard InChI is InChI=1S/C14H13Cl2FN4/c15-12-10(17)11-8(6-18-12)13(20-14(16)19-11)21-4-2-1-3-7-5-9(7)21/h6-7,9H,1-5H2. The first-order valence-corrected chi connectivity index (χ1v) is 7.84. The van der Waals surface area contributed by atoms with Gasteiger partial charge in [-0.25, -0.2) is 14.4 Å². The average molecular weight is 327 g/mol. The van der Waals surface area contributed by atoms with Gasteiger partial charge in [-0.05, 0) is 36.8 Å². The molecule has 2 aromatic rings. The van der Waals surface area contributed by atoms with Gasteiger partial charge in [0.25, 0.3) is 0 Å². The molecule has 1 aliphatic heterocycles. The Kier molecular flexibility index (Phi) is 3.15. The van der Waals surface area contributed by atoms with Gasteiger partial charge in [0.1, 0.15) is 11.3 Å². The Labute approximate surface area is 131 Å². The third kappa shape index (κ3) is 2.23. The van der Waals surface area contributed by atoms with Crippen molar-refractivity contribution in [2.24, 2.45) is 5.92 Å². The smallest absolute Gasteiger partial charge is 0.225 e. The number of anilines is 1. The van der Waals surface area contributed by atoms with Crippen LogP contribution < -0.4 is 4.90 Å². The van der Waals surface area contributed by atoms with Crippen LogP contribution in [-0.2, 0) is 0 Å². The third-order valence-corrected chi connectivity index (χ3v) is 4.81. The second-order valence-electron chi connectivity index (χ2n) is 5.69. The second-order valence-corrected chi connectivity index (χ2v) is 6.39. The average Bonchev–Trinajstić information content (AvgIpc) is 3.22. The van der Waals surface area contributed by atoms with Gasteiger partial charge in [0.15, 0.2) is 11.0 Å². The molecule has 4 rings (SSSR count). The maximum Gasteiger partial charge on any atom is 0.225 e. The summed E-state index contributed by atoms with van der Waals surface area (Å²) >= 11 is 11.7. The van der Waals surface area contributed by atoms with Crippen molar-refractivity contribution < 1.29 is 4.39 Å². The van der Waals surface area contributed by atoms with Gasteiger partial charge in [0.05, 0.1) is 5.39 Å². The van der Waals surface area contributed by atoms with E-state index in [1.54, 1.807) is 0 Å². The van der Waals surface area contributed by atoms with Crippen molar-refractivity contribution in [2.75, 3.05) is 11.4 Å².